The monoisotopic (exact) mass is 283 g/mol. The van der Waals surface area contributed by atoms with E-state index >= 15 is 0 Å². The molecule has 0 saturated heterocycles. The van der Waals surface area contributed by atoms with Gasteiger partial charge in [0.05, 0.1) is 0 Å². The lowest BCUT2D eigenvalue weighted by atomic mass is 10.2. The predicted molar refractivity (Wildman–Crippen MR) is 64.8 cm³/mol. The number of rotatable bonds is 3. The van der Waals surface area contributed by atoms with Crippen molar-refractivity contribution in [2.75, 3.05) is 0 Å². The van der Waals surface area contributed by atoms with Crippen LogP contribution in [0.3, 0.4) is 0 Å². The molecule has 1 N–H and O–H groups in total. The first-order valence-electron chi connectivity index (χ1n) is 4.50. The van der Waals surface area contributed by atoms with Crippen molar-refractivity contribution in [3.63, 3.8) is 0 Å². The summed E-state index contributed by atoms with van der Waals surface area (Å²) in [5.74, 6) is 1.74. The lowest BCUT2D eigenvalue weighted by molar-refractivity contribution is 0.969. The van der Waals surface area contributed by atoms with Crippen molar-refractivity contribution >= 4 is 27.7 Å². The Hall–Kier alpha value is -0.810. The van der Waals surface area contributed by atoms with Crippen LogP contribution in [0.4, 0.5) is 0 Å². The summed E-state index contributed by atoms with van der Waals surface area (Å²) >= 11 is 5.07. The molecule has 0 spiro atoms. The highest BCUT2D eigenvalue weighted by atomic mass is 79.9. The van der Waals surface area contributed by atoms with E-state index in [1.807, 2.05) is 19.1 Å². The zero-order valence-corrected chi connectivity index (χ0v) is 10.6. The van der Waals surface area contributed by atoms with Crippen LogP contribution in [0.25, 0.3) is 0 Å². The first-order chi connectivity index (χ1) is 7.24. The van der Waals surface area contributed by atoms with Crippen molar-refractivity contribution < 1.29 is 0 Å². The van der Waals surface area contributed by atoms with Gasteiger partial charge in [0.1, 0.15) is 5.82 Å². The largest absolute Gasteiger partial charge is 0.262 e. The summed E-state index contributed by atoms with van der Waals surface area (Å²) in [4.78, 5) is 4.23. The molecule has 0 aliphatic heterocycles. The number of benzene rings is 1. The average Bonchev–Trinajstić information content (AvgIpc) is 2.62. The highest BCUT2D eigenvalue weighted by Crippen LogP contribution is 2.20. The lowest BCUT2D eigenvalue weighted by Gasteiger charge is -1.98. The molecule has 1 heterocycles. The van der Waals surface area contributed by atoms with Gasteiger partial charge in [-0.15, -0.1) is 5.10 Å². The van der Waals surface area contributed by atoms with Crippen LogP contribution in [-0.4, -0.2) is 15.2 Å². The average molecular weight is 284 g/mol. The van der Waals surface area contributed by atoms with Crippen molar-refractivity contribution in [3.05, 3.63) is 40.1 Å². The van der Waals surface area contributed by atoms with Crippen LogP contribution in [0.15, 0.2) is 33.9 Å². The van der Waals surface area contributed by atoms with Crippen LogP contribution in [0.5, 0.6) is 0 Å². The minimum atomic E-state index is 0.799. The number of hydrogen-bond donors (Lipinski definition) is 1. The van der Waals surface area contributed by atoms with E-state index in [1.165, 1.54) is 5.56 Å². The third-order valence-corrected chi connectivity index (χ3v) is 3.25. The van der Waals surface area contributed by atoms with E-state index in [1.54, 1.807) is 11.8 Å². The van der Waals surface area contributed by atoms with Gasteiger partial charge >= 0.3 is 0 Å². The summed E-state index contributed by atoms with van der Waals surface area (Å²) in [6.45, 7) is 1.90. The summed E-state index contributed by atoms with van der Waals surface area (Å²) < 4.78 is 1.10. The third kappa shape index (κ3) is 3.07. The topological polar surface area (TPSA) is 41.6 Å². The minimum Gasteiger partial charge on any atom is -0.262 e. The maximum absolute atomic E-state index is 4.23. The number of nitrogens with zero attached hydrogens (tertiary/aromatic N) is 2. The van der Waals surface area contributed by atoms with Crippen molar-refractivity contribution in [1.29, 1.82) is 0 Å². The number of nitrogens with one attached hydrogen (secondary N) is 1. The van der Waals surface area contributed by atoms with E-state index in [2.05, 4.69) is 43.2 Å². The normalized spacial score (nSPS) is 10.5. The fraction of sp³-hybridized carbons (Fsp3) is 0.200. The highest BCUT2D eigenvalue weighted by molar-refractivity contribution is 9.10. The van der Waals surface area contributed by atoms with E-state index < -0.39 is 0 Å². The van der Waals surface area contributed by atoms with E-state index in [9.17, 15) is 0 Å². The second-order valence-corrected chi connectivity index (χ2v) is 4.98. The van der Waals surface area contributed by atoms with E-state index in [0.29, 0.717) is 0 Å². The first kappa shape index (κ1) is 10.7. The number of aromatic nitrogens is 3. The SMILES string of the molecule is Cc1nc(SCc2cccc(Br)c2)n[nH]1. The van der Waals surface area contributed by atoms with Gasteiger partial charge in [0.15, 0.2) is 0 Å². The Kier molecular flexibility index (Phi) is 3.43. The molecule has 1 aromatic carbocycles. The van der Waals surface area contributed by atoms with Crippen LogP contribution in [-0.2, 0) is 5.75 Å². The zero-order chi connectivity index (χ0) is 10.7. The molecule has 5 heteroatoms. The molecule has 0 bridgehead atoms. The Bertz CT molecular complexity index is 455. The molecule has 0 amide bonds. The molecule has 1 aromatic heterocycles. The van der Waals surface area contributed by atoms with Crippen molar-refractivity contribution in [2.24, 2.45) is 0 Å². The summed E-state index contributed by atoms with van der Waals surface area (Å²) in [5.41, 5.74) is 1.26. The Balaban J connectivity index is 1.99. The zero-order valence-electron chi connectivity index (χ0n) is 8.20. The van der Waals surface area contributed by atoms with Gasteiger partial charge in [0.2, 0.25) is 5.16 Å². The smallest absolute Gasteiger partial charge is 0.208 e. The van der Waals surface area contributed by atoms with Crippen molar-refractivity contribution in [2.45, 2.75) is 17.8 Å². The maximum atomic E-state index is 4.23. The summed E-state index contributed by atoms with van der Waals surface area (Å²) in [6, 6.07) is 8.25. The van der Waals surface area contributed by atoms with Crippen molar-refractivity contribution in [1.82, 2.24) is 15.2 Å². The van der Waals surface area contributed by atoms with Gasteiger partial charge in [-0.2, -0.15) is 0 Å². The first-order valence-corrected chi connectivity index (χ1v) is 6.28. The molecule has 3 nitrogen and oxygen atoms in total. The summed E-state index contributed by atoms with van der Waals surface area (Å²) in [7, 11) is 0. The number of thioether (sulfide) groups is 1. The van der Waals surface area contributed by atoms with Gasteiger partial charge in [-0.05, 0) is 24.6 Å². The van der Waals surface area contributed by atoms with Gasteiger partial charge < -0.3 is 0 Å². The molecule has 0 aliphatic carbocycles. The Morgan fingerprint density at radius 2 is 2.33 bits per heavy atom. The van der Waals surface area contributed by atoms with Crippen LogP contribution >= 0.6 is 27.7 Å². The lowest BCUT2D eigenvalue weighted by Crippen LogP contribution is -1.81. The molecular weight excluding hydrogens is 274 g/mol. The summed E-state index contributed by atoms with van der Waals surface area (Å²) in [5, 5.41) is 7.69. The minimum absolute atomic E-state index is 0.799. The number of aryl methyl sites for hydroxylation is 1. The van der Waals surface area contributed by atoms with Gasteiger partial charge in [-0.25, -0.2) is 4.98 Å². The Morgan fingerprint density at radius 3 is 3.00 bits per heavy atom. The van der Waals surface area contributed by atoms with E-state index in [0.717, 1.165) is 21.2 Å². The fourth-order valence-electron chi connectivity index (χ4n) is 1.16. The van der Waals surface area contributed by atoms with Crippen LogP contribution in [0.2, 0.25) is 0 Å². The second-order valence-electron chi connectivity index (χ2n) is 3.12. The van der Waals surface area contributed by atoms with Gasteiger partial charge in [-0.3, -0.25) is 5.10 Å². The number of aromatic amines is 1. The van der Waals surface area contributed by atoms with Gasteiger partial charge in [0, 0.05) is 10.2 Å². The maximum Gasteiger partial charge on any atom is 0.208 e. The standard InChI is InChI=1S/C10H10BrN3S/c1-7-12-10(14-13-7)15-6-8-3-2-4-9(11)5-8/h2-5H,6H2,1H3,(H,12,13,14). The second kappa shape index (κ2) is 4.81. The molecule has 0 atom stereocenters. The third-order valence-electron chi connectivity index (χ3n) is 1.83. The predicted octanol–water partition coefficient (Wildman–Crippen LogP) is 3.17. The van der Waals surface area contributed by atoms with Gasteiger partial charge in [-0.1, -0.05) is 39.8 Å². The molecule has 0 fully saturated rings. The van der Waals surface area contributed by atoms with Crippen LogP contribution < -0.4 is 0 Å². The molecule has 78 valence electrons. The van der Waals surface area contributed by atoms with Gasteiger partial charge in [0.25, 0.3) is 0 Å². The summed E-state index contributed by atoms with van der Waals surface area (Å²) in [6.07, 6.45) is 0. The number of H-pyrrole nitrogens is 1. The number of halogens is 1. The molecule has 15 heavy (non-hydrogen) atoms. The molecule has 0 radical (unpaired) electrons. The van der Waals surface area contributed by atoms with Crippen LogP contribution in [0, 0.1) is 6.92 Å². The Labute approximate surface area is 101 Å². The molecule has 0 unspecified atom stereocenters. The molecule has 0 aliphatic rings. The van der Waals surface area contributed by atoms with Crippen LogP contribution in [0.1, 0.15) is 11.4 Å². The number of hydrogen-bond acceptors (Lipinski definition) is 3. The van der Waals surface area contributed by atoms with E-state index in [-0.39, 0.29) is 0 Å². The Morgan fingerprint density at radius 1 is 1.47 bits per heavy atom. The molecule has 0 saturated carbocycles. The fourth-order valence-corrected chi connectivity index (χ4v) is 2.40. The van der Waals surface area contributed by atoms with E-state index in [4.69, 9.17) is 0 Å². The molecule has 2 rings (SSSR count). The molecular formula is C10H10BrN3S. The molecule has 2 aromatic rings. The highest BCUT2D eigenvalue weighted by Gasteiger charge is 2.01. The quantitative estimate of drug-likeness (QED) is 0.880. The van der Waals surface area contributed by atoms with Crippen molar-refractivity contribution in [3.8, 4) is 0 Å².